The topological polar surface area (TPSA) is 95.6 Å². The predicted molar refractivity (Wildman–Crippen MR) is 206 cm³/mol. The van der Waals surface area contributed by atoms with E-state index in [0.29, 0.717) is 36.6 Å². The largest absolute Gasteiger partial charge is 2.00 e. The molecule has 0 atom stereocenters. The molecule has 1 aromatic heterocycles. The van der Waals surface area contributed by atoms with Crippen molar-refractivity contribution in [3.63, 3.8) is 0 Å². The molecule has 0 unspecified atom stereocenters. The average Bonchev–Trinajstić information content (AvgIpc) is 3.16. The van der Waals surface area contributed by atoms with Gasteiger partial charge in [0.15, 0.2) is 6.35 Å². The number of amidine groups is 2. The molecule has 259 valence electrons. The van der Waals surface area contributed by atoms with E-state index in [4.69, 9.17) is 30.0 Å². The molecule has 5 rings (SSSR count). The van der Waals surface area contributed by atoms with Crippen LogP contribution in [0.1, 0.15) is 11.3 Å². The normalized spacial score (nSPS) is 12.3. The monoisotopic (exact) mass is 830 g/mol. The molecule has 1 radical (unpaired) electrons. The number of aromatic nitrogens is 1. The van der Waals surface area contributed by atoms with Crippen molar-refractivity contribution >= 4 is 70.2 Å². The fourth-order valence-electron chi connectivity index (χ4n) is 4.99. The third kappa shape index (κ3) is 10.8. The summed E-state index contributed by atoms with van der Waals surface area (Å²) < 4.78 is 6.46. The average molecular weight is 832 g/mol. The number of ether oxygens (including phenoxy) is 1. The summed E-state index contributed by atoms with van der Waals surface area (Å²) in [6.07, 6.45) is 2.21. The summed E-state index contributed by atoms with van der Waals surface area (Å²) in [5.74, 6) is 0. The molecule has 0 aliphatic heterocycles. The summed E-state index contributed by atoms with van der Waals surface area (Å²) in [4.78, 5) is 4.47. The first-order valence-corrected chi connectivity index (χ1v) is 18.1. The molecule has 0 saturated heterocycles. The third-order valence-electron chi connectivity index (χ3n) is 7.27. The molecule has 1 heterocycles. The number of hydrogen-bond donors (Lipinski definition) is 2. The van der Waals surface area contributed by atoms with Gasteiger partial charge in [0.25, 0.3) is 0 Å². The molecule has 2 N–H and O–H groups in total. The van der Waals surface area contributed by atoms with E-state index in [-0.39, 0.29) is 44.4 Å². The summed E-state index contributed by atoms with van der Waals surface area (Å²) in [7, 11) is -0.419. The van der Waals surface area contributed by atoms with Gasteiger partial charge in [-0.05, 0) is 58.9 Å². The van der Waals surface area contributed by atoms with Crippen LogP contribution < -0.4 is 43.5 Å². The van der Waals surface area contributed by atoms with Crippen molar-refractivity contribution < 1.29 is 38.8 Å². The van der Waals surface area contributed by atoms with Crippen molar-refractivity contribution in [2.24, 2.45) is 20.4 Å². The SMILES string of the molecule is CNC([S-])=NN=C(C(=NN=C([S-])NCCOC[P+](c1ccccc1)(c1ccccc1)c1ccccc1)c1ccccc1)c1ccccn1.[Br-].[Cu+2]. The van der Waals surface area contributed by atoms with Gasteiger partial charge in [0, 0.05) is 25.4 Å². The van der Waals surface area contributed by atoms with E-state index in [2.05, 4.69) is 109 Å². The van der Waals surface area contributed by atoms with E-state index in [1.54, 1.807) is 13.2 Å². The number of hydrogen-bond acceptors (Lipinski definition) is 8. The van der Waals surface area contributed by atoms with Gasteiger partial charge in [0.2, 0.25) is 0 Å². The maximum atomic E-state index is 6.46. The number of halogens is 1. The zero-order chi connectivity index (χ0) is 33.4. The molecule has 4 aromatic carbocycles. The van der Waals surface area contributed by atoms with Gasteiger partial charge in [-0.3, -0.25) is 4.98 Å². The van der Waals surface area contributed by atoms with E-state index >= 15 is 0 Å². The minimum Gasteiger partial charge on any atom is -1.00 e. The fraction of sp³-hybridized carbons (Fsp3) is 0.108. The van der Waals surface area contributed by atoms with Gasteiger partial charge in [0.1, 0.15) is 34.6 Å². The van der Waals surface area contributed by atoms with Crippen molar-refractivity contribution in [2.45, 2.75) is 0 Å². The van der Waals surface area contributed by atoms with Crippen LogP contribution in [-0.2, 0) is 47.1 Å². The quantitative estimate of drug-likeness (QED) is 0.0358. The van der Waals surface area contributed by atoms with Crippen LogP contribution in [0.15, 0.2) is 166 Å². The number of pyridine rings is 1. The molecule has 0 bridgehead atoms. The van der Waals surface area contributed by atoms with Gasteiger partial charge in [-0.25, -0.2) is 0 Å². The van der Waals surface area contributed by atoms with Crippen LogP contribution in [-0.4, -0.2) is 53.3 Å². The van der Waals surface area contributed by atoms with E-state index in [1.165, 1.54) is 15.9 Å². The first-order chi connectivity index (χ1) is 23.6. The maximum Gasteiger partial charge on any atom is 2.00 e. The second kappa shape index (κ2) is 21.4. The van der Waals surface area contributed by atoms with Crippen LogP contribution in [0.3, 0.4) is 0 Å². The van der Waals surface area contributed by atoms with E-state index in [0.717, 1.165) is 5.56 Å². The Hall–Kier alpha value is -3.86. The Morgan fingerprint density at radius 1 is 0.640 bits per heavy atom. The van der Waals surface area contributed by atoms with E-state index in [1.807, 2.05) is 66.7 Å². The first-order valence-electron chi connectivity index (χ1n) is 15.3. The Morgan fingerprint density at radius 2 is 1.12 bits per heavy atom. The van der Waals surface area contributed by atoms with E-state index < -0.39 is 7.26 Å². The van der Waals surface area contributed by atoms with Crippen LogP contribution >= 0.6 is 7.26 Å². The maximum absolute atomic E-state index is 6.46. The van der Waals surface area contributed by atoms with Gasteiger partial charge in [-0.15, -0.1) is 10.2 Å². The van der Waals surface area contributed by atoms with Crippen LogP contribution in [0, 0.1) is 0 Å². The van der Waals surface area contributed by atoms with E-state index in [9.17, 15) is 0 Å². The van der Waals surface area contributed by atoms with Crippen LogP contribution in [0.5, 0.6) is 0 Å². The first kappa shape index (κ1) is 40.6. The molecule has 0 aliphatic carbocycles. The smallest absolute Gasteiger partial charge is 1.00 e. The summed E-state index contributed by atoms with van der Waals surface area (Å²) in [5.41, 5.74) is 2.18. The summed E-state index contributed by atoms with van der Waals surface area (Å²) in [6.45, 7) is 0.865. The Labute approximate surface area is 326 Å². The van der Waals surface area contributed by atoms with Crippen LogP contribution in [0.25, 0.3) is 0 Å². The molecular formula is C37H35BrCuN7OPS2. The minimum atomic E-state index is -2.10. The standard InChI is InChI=1S/C37H36N7OPS2.BrH.Cu/c1-38-36(47)43-42-35(33-24-14-15-25-39-33)34(29-16-6-2-7-17-29)41-44-37(48)40-26-27-45-28-46(30-18-8-3-9-19-30,31-20-10-4-11-21-31)32-22-12-5-13-23-32;;/h2-25H,26-28H2,1H3,(H3-,38,39,40,41,42,43,44,47,48);1H;/q;;+2/p-2. The number of nitrogens with zero attached hydrogens (tertiary/aromatic N) is 5. The van der Waals surface area contributed by atoms with Gasteiger partial charge in [-0.2, -0.15) is 10.2 Å². The molecule has 0 spiro atoms. The van der Waals surface area contributed by atoms with Crippen molar-refractivity contribution in [1.82, 2.24) is 15.6 Å². The molecule has 0 amide bonds. The summed E-state index contributed by atoms with van der Waals surface area (Å²) >= 11 is 10.8. The molecule has 50 heavy (non-hydrogen) atoms. The zero-order valence-electron chi connectivity index (χ0n) is 27.1. The Kier molecular flexibility index (Phi) is 17.3. The molecule has 5 aromatic rings. The van der Waals surface area contributed by atoms with Crippen molar-refractivity contribution in [2.75, 3.05) is 26.5 Å². The van der Waals surface area contributed by atoms with Gasteiger partial charge >= 0.3 is 17.1 Å². The van der Waals surface area contributed by atoms with Crippen molar-refractivity contribution in [3.05, 3.63) is 157 Å². The Morgan fingerprint density at radius 3 is 1.62 bits per heavy atom. The van der Waals surface area contributed by atoms with Crippen LogP contribution in [0.4, 0.5) is 0 Å². The molecule has 8 nitrogen and oxygen atoms in total. The summed E-state index contributed by atoms with van der Waals surface area (Å²) in [5, 5.41) is 27.6. The second-order valence-electron chi connectivity index (χ2n) is 10.3. The van der Waals surface area contributed by atoms with Crippen molar-refractivity contribution in [1.29, 1.82) is 0 Å². The third-order valence-corrected chi connectivity index (χ3v) is 11.9. The number of benzene rings is 4. The molecule has 0 saturated carbocycles. The van der Waals surface area contributed by atoms with Gasteiger partial charge in [-0.1, -0.05) is 91.0 Å². The van der Waals surface area contributed by atoms with Crippen molar-refractivity contribution in [3.8, 4) is 0 Å². The molecule has 0 fully saturated rings. The Balaban J connectivity index is 0.00000338. The molecule has 13 heteroatoms. The number of nitrogens with one attached hydrogen (secondary N) is 2. The number of rotatable bonds is 13. The molecule has 0 aliphatic rings. The fourth-order valence-corrected chi connectivity index (χ4v) is 8.96. The summed E-state index contributed by atoms with van der Waals surface area (Å²) in [6, 6.07) is 47.0. The minimum absolute atomic E-state index is 0. The second-order valence-corrected chi connectivity index (χ2v) is 14.5. The predicted octanol–water partition coefficient (Wildman–Crippen LogP) is 1.77. The van der Waals surface area contributed by atoms with Gasteiger partial charge in [0.05, 0.1) is 12.3 Å². The van der Waals surface area contributed by atoms with Gasteiger partial charge < -0.3 is 57.6 Å². The Bertz CT molecular complexity index is 1760. The zero-order valence-corrected chi connectivity index (χ0v) is 32.1. The molecular weight excluding hydrogens is 797 g/mol. The van der Waals surface area contributed by atoms with Crippen LogP contribution in [0.2, 0.25) is 0 Å².